The van der Waals surface area contributed by atoms with Crippen LogP contribution in [0.5, 0.6) is 0 Å². The Morgan fingerprint density at radius 1 is 1.50 bits per heavy atom. The van der Waals surface area contributed by atoms with Crippen molar-refractivity contribution in [2.24, 2.45) is 5.73 Å². The van der Waals surface area contributed by atoms with E-state index in [1.807, 2.05) is 17.5 Å². The van der Waals surface area contributed by atoms with Crippen LogP contribution in [-0.2, 0) is 0 Å². The molecule has 1 aromatic rings. The second-order valence-electron chi connectivity index (χ2n) is 3.04. The molecule has 3 N–H and O–H groups in total. The Bertz CT molecular complexity index is 259. The van der Waals surface area contributed by atoms with E-state index in [-0.39, 0.29) is 5.78 Å². The highest BCUT2D eigenvalue weighted by atomic mass is 32.1. The van der Waals surface area contributed by atoms with Crippen LogP contribution in [0.4, 0.5) is 0 Å². The van der Waals surface area contributed by atoms with E-state index < -0.39 is 0 Å². The number of nitrogens with two attached hydrogens (primary N) is 1. The van der Waals surface area contributed by atoms with E-state index in [9.17, 15) is 4.79 Å². The summed E-state index contributed by atoms with van der Waals surface area (Å²) in [4.78, 5) is 12.4. The molecule has 0 aromatic carbocycles. The van der Waals surface area contributed by atoms with Crippen LogP contribution in [0.2, 0.25) is 0 Å². The monoisotopic (exact) mass is 212 g/mol. The molecule has 0 saturated heterocycles. The van der Waals surface area contributed by atoms with Gasteiger partial charge < -0.3 is 11.1 Å². The third-order valence-corrected chi connectivity index (χ3v) is 2.79. The molecule has 0 spiro atoms. The van der Waals surface area contributed by atoms with Crippen LogP contribution < -0.4 is 11.1 Å². The molecular formula is C10H16N2OS. The van der Waals surface area contributed by atoms with Gasteiger partial charge in [-0.3, -0.25) is 4.79 Å². The molecule has 1 heterocycles. The van der Waals surface area contributed by atoms with E-state index in [1.165, 1.54) is 11.3 Å². The van der Waals surface area contributed by atoms with Gasteiger partial charge in [-0.25, -0.2) is 0 Å². The first-order valence-corrected chi connectivity index (χ1v) is 5.70. The molecular weight excluding hydrogens is 196 g/mol. The molecule has 4 heteroatoms. The quantitative estimate of drug-likeness (QED) is 0.528. The first kappa shape index (κ1) is 11.4. The van der Waals surface area contributed by atoms with Gasteiger partial charge in [0.1, 0.15) is 0 Å². The van der Waals surface area contributed by atoms with Crippen LogP contribution in [0, 0.1) is 0 Å². The fourth-order valence-corrected chi connectivity index (χ4v) is 1.86. The minimum Gasteiger partial charge on any atom is -0.329 e. The number of ketones is 1. The molecule has 3 nitrogen and oxygen atoms in total. The molecule has 0 fully saturated rings. The molecule has 14 heavy (non-hydrogen) atoms. The van der Waals surface area contributed by atoms with Gasteiger partial charge in [0.05, 0.1) is 4.88 Å². The molecule has 1 rings (SSSR count). The van der Waals surface area contributed by atoms with Crippen molar-refractivity contribution < 1.29 is 4.79 Å². The highest BCUT2D eigenvalue weighted by molar-refractivity contribution is 7.12. The van der Waals surface area contributed by atoms with Crippen molar-refractivity contribution in [2.45, 2.75) is 12.8 Å². The van der Waals surface area contributed by atoms with Crippen molar-refractivity contribution in [3.8, 4) is 0 Å². The number of hydrogen-bond donors (Lipinski definition) is 2. The number of Topliss-reactive ketones (excluding diaryl/α,β-unsaturated/α-hetero) is 1. The summed E-state index contributed by atoms with van der Waals surface area (Å²) in [5, 5.41) is 5.09. The second kappa shape index (κ2) is 6.70. The normalized spacial score (nSPS) is 10.4. The van der Waals surface area contributed by atoms with E-state index in [1.54, 1.807) is 0 Å². The molecule has 0 unspecified atom stereocenters. The lowest BCUT2D eigenvalue weighted by Gasteiger charge is -2.01. The molecule has 0 atom stereocenters. The average Bonchev–Trinajstić information content (AvgIpc) is 2.70. The lowest BCUT2D eigenvalue weighted by molar-refractivity contribution is 0.0984. The van der Waals surface area contributed by atoms with Gasteiger partial charge in [0, 0.05) is 19.5 Å². The zero-order valence-corrected chi connectivity index (χ0v) is 8.98. The largest absolute Gasteiger partial charge is 0.329 e. The lowest BCUT2D eigenvalue weighted by atomic mass is 10.2. The van der Waals surface area contributed by atoms with Gasteiger partial charge in [-0.15, -0.1) is 11.3 Å². The number of nitrogens with one attached hydrogen (secondary N) is 1. The Morgan fingerprint density at radius 2 is 2.36 bits per heavy atom. The van der Waals surface area contributed by atoms with Crippen LogP contribution in [0.25, 0.3) is 0 Å². The predicted octanol–water partition coefficient (Wildman–Crippen LogP) is 1.26. The Morgan fingerprint density at radius 3 is 3.00 bits per heavy atom. The second-order valence-corrected chi connectivity index (χ2v) is 3.99. The highest BCUT2D eigenvalue weighted by Crippen LogP contribution is 2.11. The molecule has 0 aliphatic heterocycles. The molecule has 0 amide bonds. The van der Waals surface area contributed by atoms with Crippen LogP contribution in [0.1, 0.15) is 22.5 Å². The van der Waals surface area contributed by atoms with E-state index in [2.05, 4.69) is 5.32 Å². The average molecular weight is 212 g/mol. The van der Waals surface area contributed by atoms with Crippen LogP contribution >= 0.6 is 11.3 Å². The van der Waals surface area contributed by atoms with E-state index in [0.717, 1.165) is 24.4 Å². The molecule has 0 aliphatic carbocycles. The fourth-order valence-electron chi connectivity index (χ4n) is 1.16. The first-order valence-electron chi connectivity index (χ1n) is 4.82. The smallest absolute Gasteiger partial charge is 0.172 e. The van der Waals surface area contributed by atoms with Crippen molar-refractivity contribution in [1.29, 1.82) is 0 Å². The van der Waals surface area contributed by atoms with E-state index in [0.29, 0.717) is 13.0 Å². The minimum absolute atomic E-state index is 0.245. The summed E-state index contributed by atoms with van der Waals surface area (Å²) in [6, 6.07) is 3.78. The predicted molar refractivity (Wildman–Crippen MR) is 59.8 cm³/mol. The molecule has 1 aromatic heterocycles. The van der Waals surface area contributed by atoms with Gasteiger partial charge in [0.2, 0.25) is 0 Å². The van der Waals surface area contributed by atoms with Gasteiger partial charge in [0.25, 0.3) is 0 Å². The van der Waals surface area contributed by atoms with E-state index >= 15 is 0 Å². The molecule has 0 aliphatic rings. The molecule has 78 valence electrons. The van der Waals surface area contributed by atoms with Crippen molar-refractivity contribution in [1.82, 2.24) is 5.32 Å². The maximum absolute atomic E-state index is 11.5. The topological polar surface area (TPSA) is 55.1 Å². The van der Waals surface area contributed by atoms with Crippen molar-refractivity contribution >= 4 is 17.1 Å². The number of thiophene rings is 1. The number of hydrogen-bond acceptors (Lipinski definition) is 4. The summed E-state index contributed by atoms with van der Waals surface area (Å²) in [5.74, 6) is 0.245. The Labute approximate surface area is 88.3 Å². The summed E-state index contributed by atoms with van der Waals surface area (Å²) in [7, 11) is 0. The third kappa shape index (κ3) is 4.00. The summed E-state index contributed by atoms with van der Waals surface area (Å²) < 4.78 is 0. The minimum atomic E-state index is 0.245. The molecule has 0 radical (unpaired) electrons. The summed E-state index contributed by atoms with van der Waals surface area (Å²) in [5.41, 5.74) is 5.32. The Kier molecular flexibility index (Phi) is 5.44. The van der Waals surface area contributed by atoms with Gasteiger partial charge in [-0.2, -0.15) is 0 Å². The van der Waals surface area contributed by atoms with Gasteiger partial charge in [-0.1, -0.05) is 6.07 Å². The van der Waals surface area contributed by atoms with Crippen molar-refractivity contribution in [3.63, 3.8) is 0 Å². The van der Waals surface area contributed by atoms with Crippen LogP contribution in [-0.4, -0.2) is 25.4 Å². The maximum Gasteiger partial charge on any atom is 0.172 e. The third-order valence-electron chi connectivity index (χ3n) is 1.87. The zero-order valence-electron chi connectivity index (χ0n) is 8.16. The van der Waals surface area contributed by atoms with E-state index in [4.69, 9.17) is 5.73 Å². The summed E-state index contributed by atoms with van der Waals surface area (Å²) in [6.45, 7) is 2.35. The number of carbonyl (C=O) groups is 1. The number of carbonyl (C=O) groups excluding carboxylic acids is 1. The van der Waals surface area contributed by atoms with Crippen LogP contribution in [0.3, 0.4) is 0 Å². The molecule has 0 saturated carbocycles. The Hall–Kier alpha value is -0.710. The lowest BCUT2D eigenvalue weighted by Crippen LogP contribution is -2.23. The SMILES string of the molecule is NCCNCCCC(=O)c1cccs1. The first-order chi connectivity index (χ1) is 6.84. The standard InChI is InChI=1S/C10H16N2OS/c11-5-7-12-6-1-3-9(13)10-4-2-8-14-10/h2,4,8,12H,1,3,5-7,11H2. The maximum atomic E-state index is 11.5. The van der Waals surface area contributed by atoms with Crippen LogP contribution in [0.15, 0.2) is 17.5 Å². The van der Waals surface area contributed by atoms with Gasteiger partial charge in [-0.05, 0) is 24.4 Å². The van der Waals surface area contributed by atoms with Gasteiger partial charge in [0.15, 0.2) is 5.78 Å². The Balaban J connectivity index is 2.10. The number of rotatable bonds is 7. The van der Waals surface area contributed by atoms with Gasteiger partial charge >= 0.3 is 0 Å². The zero-order chi connectivity index (χ0) is 10.2. The van der Waals surface area contributed by atoms with Crippen molar-refractivity contribution in [2.75, 3.05) is 19.6 Å². The van der Waals surface area contributed by atoms with Crippen molar-refractivity contribution in [3.05, 3.63) is 22.4 Å². The summed E-state index contributed by atoms with van der Waals surface area (Å²) >= 11 is 1.51. The summed E-state index contributed by atoms with van der Waals surface area (Å²) in [6.07, 6.45) is 1.51. The molecule has 0 bridgehead atoms. The highest BCUT2D eigenvalue weighted by Gasteiger charge is 2.05. The fraction of sp³-hybridized carbons (Fsp3) is 0.500.